The Morgan fingerprint density at radius 3 is 1.81 bits per heavy atom. The van der Waals surface area contributed by atoms with Crippen molar-refractivity contribution >= 4 is 5.78 Å². The van der Waals surface area contributed by atoms with E-state index in [0.29, 0.717) is 12.0 Å². The summed E-state index contributed by atoms with van der Waals surface area (Å²) in [6, 6.07) is 0. The molecule has 0 spiro atoms. The van der Waals surface area contributed by atoms with E-state index in [-0.39, 0.29) is 18.0 Å². The number of aliphatic hydroxyl groups excluding tert-OH is 1. The van der Waals surface area contributed by atoms with Crippen LogP contribution in [0.25, 0.3) is 0 Å². The van der Waals surface area contributed by atoms with Crippen LogP contribution in [0.2, 0.25) is 0 Å². The average molecular weight is 381 g/mol. The molecule has 4 nitrogen and oxygen atoms in total. The normalized spacial score (nSPS) is 12.4. The third-order valence-electron chi connectivity index (χ3n) is 4.85. The number of aliphatic hydroxyl groups is 1. The molecule has 0 aromatic heterocycles. The number of allylic oxidation sites excluding steroid dienone is 2. The van der Waals surface area contributed by atoms with Crippen LogP contribution in [0.4, 0.5) is 0 Å². The van der Waals surface area contributed by atoms with E-state index in [2.05, 4.69) is 19.1 Å². The summed E-state index contributed by atoms with van der Waals surface area (Å²) in [5.41, 5.74) is 11.5. The first kappa shape index (κ1) is 25.7. The van der Waals surface area contributed by atoms with Gasteiger partial charge in [-0.15, -0.1) is 0 Å². The second kappa shape index (κ2) is 18.1. The van der Waals surface area contributed by atoms with Crippen LogP contribution in [0, 0.1) is 0 Å². The zero-order chi connectivity index (χ0) is 20.3. The van der Waals surface area contributed by atoms with Crippen molar-refractivity contribution in [2.75, 3.05) is 0 Å². The first-order valence-corrected chi connectivity index (χ1v) is 11.1. The van der Waals surface area contributed by atoms with E-state index in [0.717, 1.165) is 19.3 Å². The highest BCUT2D eigenvalue weighted by atomic mass is 16.3. The van der Waals surface area contributed by atoms with E-state index in [1.54, 1.807) is 6.92 Å². The van der Waals surface area contributed by atoms with E-state index in [1.165, 1.54) is 64.2 Å². The highest BCUT2D eigenvalue weighted by Crippen LogP contribution is 2.14. The number of nitrogens with two attached hydrogens (primary N) is 2. The number of hydrogen-bond donors (Lipinski definition) is 3. The van der Waals surface area contributed by atoms with Crippen molar-refractivity contribution in [2.24, 2.45) is 11.5 Å². The number of carbonyl (C=O) groups excluding carboxylic acids is 1. The van der Waals surface area contributed by atoms with E-state index in [1.807, 2.05) is 0 Å². The van der Waals surface area contributed by atoms with Crippen LogP contribution in [0.5, 0.6) is 0 Å². The molecule has 0 radical (unpaired) electrons. The van der Waals surface area contributed by atoms with Gasteiger partial charge in [-0.05, 0) is 39.0 Å². The summed E-state index contributed by atoms with van der Waals surface area (Å²) < 4.78 is 0. The molecule has 1 atom stereocenters. The molecule has 4 heteroatoms. The highest BCUT2D eigenvalue weighted by molar-refractivity contribution is 5.95. The van der Waals surface area contributed by atoms with Crippen molar-refractivity contribution in [2.45, 2.75) is 116 Å². The van der Waals surface area contributed by atoms with Gasteiger partial charge in [0.25, 0.3) is 0 Å². The fraction of sp³-hybridized carbons (Fsp3) is 0.783. The van der Waals surface area contributed by atoms with Crippen LogP contribution in [0.15, 0.2) is 23.5 Å². The molecule has 0 aromatic carbocycles. The Morgan fingerprint density at radius 1 is 0.852 bits per heavy atom. The van der Waals surface area contributed by atoms with Gasteiger partial charge in [0.15, 0.2) is 5.78 Å². The minimum atomic E-state index is -0.597. The Balaban J connectivity index is 3.55. The Bertz CT molecular complexity index is 424. The van der Waals surface area contributed by atoms with E-state index < -0.39 is 6.10 Å². The molecule has 0 fully saturated rings. The second-order valence-corrected chi connectivity index (χ2v) is 7.74. The zero-order valence-electron chi connectivity index (χ0n) is 17.8. The number of hydrogen-bond acceptors (Lipinski definition) is 4. The molecule has 27 heavy (non-hydrogen) atoms. The Labute approximate surface area is 167 Å². The molecule has 158 valence electrons. The maximum absolute atomic E-state index is 12.1. The smallest absolute Gasteiger partial charge is 0.162 e. The van der Waals surface area contributed by atoms with E-state index in [9.17, 15) is 9.90 Å². The molecule has 0 saturated heterocycles. The van der Waals surface area contributed by atoms with Crippen molar-refractivity contribution in [3.63, 3.8) is 0 Å². The number of carbonyl (C=O) groups is 1. The van der Waals surface area contributed by atoms with Gasteiger partial charge in [-0.3, -0.25) is 4.79 Å². The molecule has 0 heterocycles. The molecule has 0 aliphatic heterocycles. The lowest BCUT2D eigenvalue weighted by molar-refractivity contribution is -0.116. The van der Waals surface area contributed by atoms with Crippen molar-refractivity contribution in [1.29, 1.82) is 0 Å². The molecule has 0 aromatic rings. The lowest BCUT2D eigenvalue weighted by Gasteiger charge is -2.10. The molecule has 1 unspecified atom stereocenters. The quantitative estimate of drug-likeness (QED) is 0.166. The summed E-state index contributed by atoms with van der Waals surface area (Å²) in [6.45, 7) is 3.89. The van der Waals surface area contributed by atoms with E-state index in [4.69, 9.17) is 11.5 Å². The second-order valence-electron chi connectivity index (χ2n) is 7.74. The lowest BCUT2D eigenvalue weighted by atomic mass is 9.99. The zero-order valence-corrected chi connectivity index (χ0v) is 17.8. The van der Waals surface area contributed by atoms with Gasteiger partial charge in [0.2, 0.25) is 0 Å². The molecular weight excluding hydrogens is 336 g/mol. The van der Waals surface area contributed by atoms with Gasteiger partial charge < -0.3 is 16.6 Å². The number of unbranched alkanes of at least 4 members (excludes halogenated alkanes) is 11. The predicted octanol–water partition coefficient (Wildman–Crippen LogP) is 5.49. The minimum absolute atomic E-state index is 0.0199. The van der Waals surface area contributed by atoms with Crippen LogP contribution < -0.4 is 11.5 Å². The molecule has 0 aliphatic carbocycles. The lowest BCUT2D eigenvalue weighted by Crippen LogP contribution is -2.20. The van der Waals surface area contributed by atoms with Crippen LogP contribution >= 0.6 is 0 Å². The molecule has 0 saturated carbocycles. The van der Waals surface area contributed by atoms with Crippen LogP contribution in [0.3, 0.4) is 0 Å². The Hall–Kier alpha value is -1.29. The van der Waals surface area contributed by atoms with Gasteiger partial charge in [-0.1, -0.05) is 70.4 Å². The third-order valence-corrected chi connectivity index (χ3v) is 4.85. The van der Waals surface area contributed by atoms with Crippen LogP contribution in [-0.4, -0.2) is 17.0 Å². The topological polar surface area (TPSA) is 89.3 Å². The molecular formula is C23H44N2O2. The fourth-order valence-electron chi connectivity index (χ4n) is 3.20. The monoisotopic (exact) mass is 380 g/mol. The summed E-state index contributed by atoms with van der Waals surface area (Å²) in [5.74, 6) is 0.0298. The largest absolute Gasteiger partial charge is 0.393 e. The first-order valence-electron chi connectivity index (χ1n) is 11.1. The van der Waals surface area contributed by atoms with Crippen LogP contribution in [0.1, 0.15) is 110 Å². The summed E-state index contributed by atoms with van der Waals surface area (Å²) in [6.07, 6.45) is 20.9. The van der Waals surface area contributed by atoms with Crippen molar-refractivity contribution in [1.82, 2.24) is 0 Å². The SMILES string of the molecule is CCCCCCCCC=CCCCCCCCC(=O)C(CC(C)O)=C(N)N. The maximum atomic E-state index is 12.1. The van der Waals surface area contributed by atoms with Gasteiger partial charge in [-0.25, -0.2) is 0 Å². The van der Waals surface area contributed by atoms with Crippen molar-refractivity contribution in [3.8, 4) is 0 Å². The number of Topliss-reactive ketones (excluding diaryl/α,β-unsaturated/α-hetero) is 1. The van der Waals surface area contributed by atoms with Crippen LogP contribution in [-0.2, 0) is 4.79 Å². The van der Waals surface area contributed by atoms with Gasteiger partial charge in [0.05, 0.1) is 6.10 Å². The van der Waals surface area contributed by atoms with Gasteiger partial charge in [0, 0.05) is 18.4 Å². The Morgan fingerprint density at radius 2 is 1.33 bits per heavy atom. The maximum Gasteiger partial charge on any atom is 0.162 e. The highest BCUT2D eigenvalue weighted by Gasteiger charge is 2.14. The predicted molar refractivity (Wildman–Crippen MR) is 116 cm³/mol. The average Bonchev–Trinajstić information content (AvgIpc) is 2.62. The minimum Gasteiger partial charge on any atom is -0.393 e. The summed E-state index contributed by atoms with van der Waals surface area (Å²) in [7, 11) is 0. The standard InChI is InChI=1S/C23H44N2O2/c1-3-4-5-6-7-8-9-10-11-12-13-14-15-16-17-18-22(27)21(23(24)25)19-20(2)26/h10-11,20,26H,3-9,12-19,24-25H2,1-2H3. The molecule has 0 rings (SSSR count). The summed E-state index contributed by atoms with van der Waals surface area (Å²) >= 11 is 0. The molecule has 0 aliphatic rings. The van der Waals surface area contributed by atoms with Gasteiger partial charge >= 0.3 is 0 Å². The van der Waals surface area contributed by atoms with Crippen molar-refractivity contribution < 1.29 is 9.90 Å². The van der Waals surface area contributed by atoms with Gasteiger partial charge in [-0.2, -0.15) is 0 Å². The van der Waals surface area contributed by atoms with E-state index >= 15 is 0 Å². The molecule has 0 amide bonds. The summed E-state index contributed by atoms with van der Waals surface area (Å²) in [4.78, 5) is 12.1. The molecule has 0 bridgehead atoms. The third kappa shape index (κ3) is 16.6. The fourth-order valence-corrected chi connectivity index (χ4v) is 3.20. The van der Waals surface area contributed by atoms with Gasteiger partial charge in [0.1, 0.15) is 5.82 Å². The number of rotatable bonds is 18. The number of ketones is 1. The first-order chi connectivity index (χ1) is 13.0. The van der Waals surface area contributed by atoms with Crippen molar-refractivity contribution in [3.05, 3.63) is 23.5 Å². The Kier molecular flexibility index (Phi) is 17.2. The molecule has 5 N–H and O–H groups in total. The summed E-state index contributed by atoms with van der Waals surface area (Å²) in [5, 5.41) is 9.42.